The third kappa shape index (κ3) is 7.74. The topological polar surface area (TPSA) is 59.1 Å². The lowest BCUT2D eigenvalue weighted by Gasteiger charge is -2.48. The summed E-state index contributed by atoms with van der Waals surface area (Å²) in [5, 5.41) is 4.58. The van der Waals surface area contributed by atoms with Crippen LogP contribution in [0.2, 0.25) is 5.02 Å². The number of carbonyl (C=O) groups is 2. The number of nitrogens with one attached hydrogen (secondary N) is 1. The first-order chi connectivity index (χ1) is 22.3. The predicted molar refractivity (Wildman–Crippen MR) is 186 cm³/mol. The number of carbonyl (C=O) groups excluding carboxylic acids is 2. The van der Waals surface area contributed by atoms with Gasteiger partial charge in [-0.1, -0.05) is 74.2 Å². The summed E-state index contributed by atoms with van der Waals surface area (Å²) in [5.41, 5.74) is 4.08. The minimum atomic E-state index is -0.277. The number of urea groups is 1. The van der Waals surface area contributed by atoms with Gasteiger partial charge in [0.15, 0.2) is 0 Å². The molecule has 46 heavy (non-hydrogen) atoms. The summed E-state index contributed by atoms with van der Waals surface area (Å²) in [6, 6.07) is 18.1. The maximum atomic E-state index is 14.3. The first-order valence-electron chi connectivity index (χ1n) is 17.9. The summed E-state index contributed by atoms with van der Waals surface area (Å²) in [4.78, 5) is 36.5. The molecule has 4 aliphatic rings. The summed E-state index contributed by atoms with van der Waals surface area (Å²) in [5.74, 6) is 0.417. The molecule has 0 radical (unpaired) electrons. The molecule has 8 heteroatoms. The lowest BCUT2D eigenvalue weighted by molar-refractivity contribution is -0.136. The molecule has 2 aromatic rings. The van der Waals surface area contributed by atoms with E-state index in [1.165, 1.54) is 30.4 Å². The van der Waals surface area contributed by atoms with Gasteiger partial charge in [0, 0.05) is 69.5 Å². The molecule has 2 aliphatic carbocycles. The molecule has 2 aliphatic heterocycles. The third-order valence-electron chi connectivity index (χ3n) is 11.3. The molecular formula is C38H54ClN5O2. The zero-order valence-electron chi connectivity index (χ0n) is 28.2. The minimum Gasteiger partial charge on any atom is -0.341 e. The van der Waals surface area contributed by atoms with Crippen LogP contribution in [0.1, 0.15) is 87.8 Å². The highest BCUT2D eigenvalue weighted by Crippen LogP contribution is 2.33. The van der Waals surface area contributed by atoms with E-state index in [4.69, 9.17) is 11.6 Å². The van der Waals surface area contributed by atoms with Gasteiger partial charge in [0.05, 0.1) is 6.04 Å². The molecule has 1 saturated heterocycles. The molecule has 0 aromatic heterocycles. The largest absolute Gasteiger partial charge is 0.341 e. The van der Waals surface area contributed by atoms with Crippen molar-refractivity contribution in [3.8, 4) is 0 Å². The van der Waals surface area contributed by atoms with Gasteiger partial charge < -0.3 is 20.0 Å². The van der Waals surface area contributed by atoms with Crippen LogP contribution in [0, 0.1) is 5.92 Å². The summed E-state index contributed by atoms with van der Waals surface area (Å²) in [6.45, 7) is 5.74. The summed E-state index contributed by atoms with van der Waals surface area (Å²) >= 11 is 6.21. The van der Waals surface area contributed by atoms with Crippen molar-refractivity contribution in [3.63, 3.8) is 0 Å². The Labute approximate surface area is 281 Å². The van der Waals surface area contributed by atoms with Crippen LogP contribution in [0.15, 0.2) is 48.5 Å². The molecule has 250 valence electrons. The van der Waals surface area contributed by atoms with Crippen molar-refractivity contribution in [2.75, 3.05) is 27.2 Å². The molecule has 3 fully saturated rings. The number of amides is 3. The maximum Gasteiger partial charge on any atom is 0.319 e. The Bertz CT molecular complexity index is 1300. The fraction of sp³-hybridized carbons (Fsp3) is 0.632. The van der Waals surface area contributed by atoms with Crippen molar-refractivity contribution >= 4 is 23.5 Å². The second-order valence-electron chi connectivity index (χ2n) is 14.7. The Morgan fingerprint density at radius 2 is 1.54 bits per heavy atom. The van der Waals surface area contributed by atoms with Crippen LogP contribution in [-0.2, 0) is 24.3 Å². The van der Waals surface area contributed by atoms with Gasteiger partial charge in [0.2, 0.25) is 5.91 Å². The van der Waals surface area contributed by atoms with E-state index in [1.54, 1.807) is 4.90 Å². The second kappa shape index (κ2) is 15.1. The highest BCUT2D eigenvalue weighted by atomic mass is 35.5. The standard InChI is InChI=1S/C38H54ClN5O2/c1-27-24-42(22-21-36(27)44(38(46)41(2)3)34-11-5-4-6-12-34)37(45)35(23-28-13-15-31(39)16-14-28)40-32-17-19-33(20-18-32)43-25-29-9-7-8-10-30(29)26-43/h7-10,13-16,27,32-36,40H,4-6,11-12,17-26H2,1-3H3/t27-,32?,33?,35-,36-/m1/s1. The monoisotopic (exact) mass is 647 g/mol. The summed E-state index contributed by atoms with van der Waals surface area (Å²) in [6.07, 6.45) is 11.8. The van der Waals surface area contributed by atoms with Crippen molar-refractivity contribution in [2.24, 2.45) is 5.92 Å². The van der Waals surface area contributed by atoms with Crippen LogP contribution in [-0.4, -0.2) is 88.9 Å². The average molecular weight is 648 g/mol. The van der Waals surface area contributed by atoms with E-state index in [2.05, 4.69) is 63.3 Å². The van der Waals surface area contributed by atoms with Crippen LogP contribution in [0.5, 0.6) is 0 Å². The molecular weight excluding hydrogens is 594 g/mol. The molecule has 1 N–H and O–H groups in total. The molecule has 0 spiro atoms. The molecule has 2 saturated carbocycles. The Morgan fingerprint density at radius 3 is 2.15 bits per heavy atom. The Hall–Kier alpha value is -2.61. The first kappa shape index (κ1) is 33.3. The first-order valence-corrected chi connectivity index (χ1v) is 18.2. The number of nitrogens with zero attached hydrogens (tertiary/aromatic N) is 4. The molecule has 0 bridgehead atoms. The predicted octanol–water partition coefficient (Wildman–Crippen LogP) is 6.72. The highest BCUT2D eigenvalue weighted by Gasteiger charge is 2.40. The lowest BCUT2D eigenvalue weighted by atomic mass is 9.87. The Kier molecular flexibility index (Phi) is 10.9. The molecule has 7 nitrogen and oxygen atoms in total. The number of hydrogen-bond donors (Lipinski definition) is 1. The fourth-order valence-electron chi connectivity index (χ4n) is 8.71. The van der Waals surface area contributed by atoms with Gasteiger partial charge in [-0.05, 0) is 86.1 Å². The minimum absolute atomic E-state index is 0.124. The van der Waals surface area contributed by atoms with E-state index in [1.807, 2.05) is 26.2 Å². The fourth-order valence-corrected chi connectivity index (χ4v) is 8.84. The van der Waals surface area contributed by atoms with E-state index < -0.39 is 0 Å². The average Bonchev–Trinajstić information content (AvgIpc) is 3.51. The SMILES string of the molecule is C[C@@H]1CN(C(=O)[C@@H](Cc2ccc(Cl)cc2)NC2CCC(N3Cc4ccccc4C3)CC2)CC[C@H]1N(C(=O)N(C)C)C1CCCCC1. The number of likely N-dealkylation sites (tertiary alicyclic amines) is 1. The lowest BCUT2D eigenvalue weighted by Crippen LogP contribution is -2.60. The van der Waals surface area contributed by atoms with Gasteiger partial charge >= 0.3 is 6.03 Å². The smallest absolute Gasteiger partial charge is 0.319 e. The molecule has 2 heterocycles. The van der Waals surface area contributed by atoms with Crippen molar-refractivity contribution in [3.05, 3.63) is 70.2 Å². The number of rotatable bonds is 8. The number of halogens is 1. The van der Waals surface area contributed by atoms with Gasteiger partial charge in [-0.2, -0.15) is 0 Å². The second-order valence-corrected chi connectivity index (χ2v) is 15.2. The van der Waals surface area contributed by atoms with Gasteiger partial charge in [-0.25, -0.2) is 4.79 Å². The Morgan fingerprint density at radius 1 is 0.891 bits per heavy atom. The quantitative estimate of drug-likeness (QED) is 0.346. The van der Waals surface area contributed by atoms with E-state index in [-0.39, 0.29) is 29.9 Å². The van der Waals surface area contributed by atoms with Crippen LogP contribution in [0.4, 0.5) is 4.79 Å². The highest BCUT2D eigenvalue weighted by molar-refractivity contribution is 6.30. The van der Waals surface area contributed by atoms with Crippen molar-refractivity contribution < 1.29 is 9.59 Å². The molecule has 0 unspecified atom stereocenters. The molecule has 3 atom stereocenters. The number of benzene rings is 2. The van der Waals surface area contributed by atoms with E-state index >= 15 is 0 Å². The zero-order chi connectivity index (χ0) is 32.2. The van der Waals surface area contributed by atoms with Crippen LogP contribution in [0.3, 0.4) is 0 Å². The van der Waals surface area contributed by atoms with Crippen molar-refractivity contribution in [1.29, 1.82) is 0 Å². The number of fused-ring (bicyclic) bond motifs is 1. The van der Waals surface area contributed by atoms with Gasteiger partial charge in [0.25, 0.3) is 0 Å². The van der Waals surface area contributed by atoms with Gasteiger partial charge in [0.1, 0.15) is 0 Å². The van der Waals surface area contributed by atoms with Gasteiger partial charge in [-0.15, -0.1) is 0 Å². The summed E-state index contributed by atoms with van der Waals surface area (Å²) < 4.78 is 0. The van der Waals surface area contributed by atoms with Crippen LogP contribution >= 0.6 is 11.6 Å². The zero-order valence-corrected chi connectivity index (χ0v) is 28.9. The molecule has 2 aromatic carbocycles. The molecule has 6 rings (SSSR count). The van der Waals surface area contributed by atoms with E-state index in [0.29, 0.717) is 42.7 Å². The summed E-state index contributed by atoms with van der Waals surface area (Å²) in [7, 11) is 3.73. The van der Waals surface area contributed by atoms with E-state index in [0.717, 1.165) is 63.6 Å². The van der Waals surface area contributed by atoms with E-state index in [9.17, 15) is 9.59 Å². The number of hydrogen-bond acceptors (Lipinski definition) is 4. The number of piperidine rings is 1. The van der Waals surface area contributed by atoms with Crippen molar-refractivity contribution in [1.82, 2.24) is 24.9 Å². The maximum absolute atomic E-state index is 14.3. The normalized spacial score (nSPS) is 26.4. The van der Waals surface area contributed by atoms with Crippen molar-refractivity contribution in [2.45, 2.75) is 121 Å². The van der Waals surface area contributed by atoms with Crippen LogP contribution < -0.4 is 5.32 Å². The van der Waals surface area contributed by atoms with Gasteiger partial charge in [-0.3, -0.25) is 9.69 Å². The Balaban J connectivity index is 1.10. The molecule has 3 amide bonds. The third-order valence-corrected chi connectivity index (χ3v) is 11.5. The van der Waals surface area contributed by atoms with Crippen LogP contribution in [0.25, 0.3) is 0 Å².